The number of aromatic hydroxyl groups is 1. The summed E-state index contributed by atoms with van der Waals surface area (Å²) in [5, 5.41) is 18.4. The van der Waals surface area contributed by atoms with E-state index in [1.165, 1.54) is 12.1 Å². The van der Waals surface area contributed by atoms with Gasteiger partial charge >= 0.3 is 0 Å². The highest BCUT2D eigenvalue weighted by Gasteiger charge is 2.16. The van der Waals surface area contributed by atoms with Crippen molar-refractivity contribution in [1.29, 1.82) is 0 Å². The molecule has 4 N–H and O–H groups in total. The van der Waals surface area contributed by atoms with E-state index in [0.29, 0.717) is 12.0 Å². The fraction of sp³-hybridized carbons (Fsp3) is 0.400. The van der Waals surface area contributed by atoms with Gasteiger partial charge in [0.1, 0.15) is 0 Å². The normalized spacial score (nSPS) is 14.1. The molecular weight excluding hydrogens is 221 g/mol. The Labute approximate surface area is 94.1 Å². The van der Waals surface area contributed by atoms with E-state index in [9.17, 15) is 9.50 Å². The number of halogens is 2. The second-order valence-electron chi connectivity index (χ2n) is 3.21. The van der Waals surface area contributed by atoms with E-state index in [1.807, 2.05) is 0 Å². The first-order valence-corrected chi connectivity index (χ1v) is 4.48. The van der Waals surface area contributed by atoms with Crippen LogP contribution in [0.5, 0.6) is 5.75 Å². The van der Waals surface area contributed by atoms with Crippen LogP contribution in [0.2, 0.25) is 0 Å². The zero-order valence-electron chi connectivity index (χ0n) is 8.35. The number of rotatable bonds is 3. The molecule has 0 amide bonds. The molecule has 0 aliphatic rings. The fourth-order valence-electron chi connectivity index (χ4n) is 1.21. The maximum absolute atomic E-state index is 12.9. The van der Waals surface area contributed by atoms with Crippen molar-refractivity contribution in [1.82, 2.24) is 0 Å². The third-order valence-electron chi connectivity index (χ3n) is 2.19. The monoisotopic (exact) mass is 235 g/mol. The molecule has 0 heterocycles. The molecule has 0 saturated heterocycles. The van der Waals surface area contributed by atoms with Crippen molar-refractivity contribution >= 4 is 12.4 Å². The first-order valence-electron chi connectivity index (χ1n) is 4.48. The van der Waals surface area contributed by atoms with Crippen LogP contribution in [-0.2, 0) is 0 Å². The first-order chi connectivity index (χ1) is 6.56. The van der Waals surface area contributed by atoms with E-state index in [0.717, 1.165) is 6.07 Å². The Morgan fingerprint density at radius 1 is 1.47 bits per heavy atom. The highest BCUT2D eigenvalue weighted by molar-refractivity contribution is 5.85. The van der Waals surface area contributed by atoms with Crippen LogP contribution in [0.25, 0.3) is 0 Å². The molecule has 0 radical (unpaired) electrons. The highest BCUT2D eigenvalue weighted by atomic mass is 35.5. The van der Waals surface area contributed by atoms with Gasteiger partial charge in [0.25, 0.3) is 0 Å². The lowest BCUT2D eigenvalue weighted by atomic mass is 10.0. The van der Waals surface area contributed by atoms with Crippen molar-refractivity contribution < 1.29 is 14.6 Å². The standard InChI is InChI=1S/C10H14FNO2.ClH/c1-2-8(13)10(12)6-3-4-9(14)7(11)5-6;/h3-5,8,10,13-14H,2,12H2,1H3;1H/t8-,10+;/m1./s1. The van der Waals surface area contributed by atoms with Crippen molar-refractivity contribution in [3.8, 4) is 5.75 Å². The number of phenols is 1. The summed E-state index contributed by atoms with van der Waals surface area (Å²) in [7, 11) is 0. The van der Waals surface area contributed by atoms with Gasteiger partial charge in [-0.05, 0) is 24.1 Å². The van der Waals surface area contributed by atoms with Crippen LogP contribution in [0.15, 0.2) is 18.2 Å². The number of hydrogen-bond acceptors (Lipinski definition) is 3. The molecule has 5 heteroatoms. The molecule has 0 aromatic heterocycles. The molecule has 0 spiro atoms. The molecule has 1 aromatic carbocycles. The van der Waals surface area contributed by atoms with E-state index >= 15 is 0 Å². The van der Waals surface area contributed by atoms with Gasteiger partial charge in [-0.25, -0.2) is 4.39 Å². The number of benzene rings is 1. The topological polar surface area (TPSA) is 66.5 Å². The average Bonchev–Trinajstić information content (AvgIpc) is 2.20. The van der Waals surface area contributed by atoms with Gasteiger partial charge in [0.2, 0.25) is 0 Å². The van der Waals surface area contributed by atoms with Gasteiger partial charge in [-0.1, -0.05) is 13.0 Å². The molecular formula is C10H15ClFNO2. The third kappa shape index (κ3) is 3.34. The summed E-state index contributed by atoms with van der Waals surface area (Å²) in [6.07, 6.45) is -0.192. The average molecular weight is 236 g/mol. The minimum Gasteiger partial charge on any atom is -0.505 e. The number of phenolic OH excluding ortho intramolecular Hbond substituents is 1. The van der Waals surface area contributed by atoms with Crippen LogP contribution in [0.1, 0.15) is 24.9 Å². The summed E-state index contributed by atoms with van der Waals surface area (Å²) in [5.74, 6) is -1.13. The SMILES string of the molecule is CC[C@@H](O)[C@@H](N)c1ccc(O)c(F)c1.Cl. The Hall–Kier alpha value is -0.840. The molecule has 86 valence electrons. The molecule has 3 nitrogen and oxygen atoms in total. The molecule has 1 rings (SSSR count). The maximum Gasteiger partial charge on any atom is 0.165 e. The summed E-state index contributed by atoms with van der Waals surface area (Å²) < 4.78 is 12.9. The minimum absolute atomic E-state index is 0. The van der Waals surface area contributed by atoms with Gasteiger partial charge in [-0.3, -0.25) is 0 Å². The van der Waals surface area contributed by atoms with Gasteiger partial charge in [-0.2, -0.15) is 0 Å². The third-order valence-corrected chi connectivity index (χ3v) is 2.19. The summed E-state index contributed by atoms with van der Waals surface area (Å²) in [6, 6.07) is 3.25. The molecule has 0 fully saturated rings. The summed E-state index contributed by atoms with van der Waals surface area (Å²) >= 11 is 0. The Bertz CT molecular complexity index is 322. The van der Waals surface area contributed by atoms with E-state index < -0.39 is 23.7 Å². The molecule has 2 atom stereocenters. The largest absolute Gasteiger partial charge is 0.505 e. The van der Waals surface area contributed by atoms with Crippen LogP contribution in [0, 0.1) is 5.82 Å². The van der Waals surface area contributed by atoms with Crippen LogP contribution in [0.4, 0.5) is 4.39 Å². The van der Waals surface area contributed by atoms with Gasteiger partial charge in [0.05, 0.1) is 12.1 Å². The van der Waals surface area contributed by atoms with Gasteiger partial charge in [0.15, 0.2) is 11.6 Å². The lowest BCUT2D eigenvalue weighted by Crippen LogP contribution is -2.25. The number of aliphatic hydroxyl groups excluding tert-OH is 1. The molecule has 0 unspecified atom stereocenters. The molecule has 0 saturated carbocycles. The van der Waals surface area contributed by atoms with Crippen molar-refractivity contribution in [2.24, 2.45) is 5.73 Å². The molecule has 1 aromatic rings. The molecule has 0 bridgehead atoms. The van der Waals surface area contributed by atoms with Gasteiger partial charge < -0.3 is 15.9 Å². The van der Waals surface area contributed by atoms with Crippen LogP contribution in [-0.4, -0.2) is 16.3 Å². The Morgan fingerprint density at radius 2 is 2.07 bits per heavy atom. The Morgan fingerprint density at radius 3 is 2.53 bits per heavy atom. The zero-order valence-corrected chi connectivity index (χ0v) is 9.17. The van der Waals surface area contributed by atoms with E-state index in [1.54, 1.807) is 6.92 Å². The first kappa shape index (κ1) is 14.2. The smallest absolute Gasteiger partial charge is 0.165 e. The molecule has 0 aliphatic carbocycles. The van der Waals surface area contributed by atoms with Crippen LogP contribution < -0.4 is 5.73 Å². The van der Waals surface area contributed by atoms with Crippen molar-refractivity contribution in [3.05, 3.63) is 29.6 Å². The Kier molecular flexibility index (Phi) is 5.57. The number of hydrogen-bond donors (Lipinski definition) is 3. The lowest BCUT2D eigenvalue weighted by molar-refractivity contribution is 0.140. The quantitative estimate of drug-likeness (QED) is 0.748. The van der Waals surface area contributed by atoms with E-state index in [-0.39, 0.29) is 12.4 Å². The van der Waals surface area contributed by atoms with E-state index in [4.69, 9.17) is 10.8 Å². The van der Waals surface area contributed by atoms with Crippen LogP contribution in [0.3, 0.4) is 0 Å². The molecule has 0 aliphatic heterocycles. The summed E-state index contributed by atoms with van der Waals surface area (Å²) in [4.78, 5) is 0. The fourth-order valence-corrected chi connectivity index (χ4v) is 1.21. The van der Waals surface area contributed by atoms with Crippen molar-refractivity contribution in [3.63, 3.8) is 0 Å². The predicted molar refractivity (Wildman–Crippen MR) is 58.5 cm³/mol. The van der Waals surface area contributed by atoms with Crippen molar-refractivity contribution in [2.45, 2.75) is 25.5 Å². The number of nitrogens with two attached hydrogens (primary N) is 1. The molecule has 15 heavy (non-hydrogen) atoms. The number of aliphatic hydroxyl groups is 1. The maximum atomic E-state index is 12.9. The second-order valence-corrected chi connectivity index (χ2v) is 3.21. The van der Waals surface area contributed by atoms with Crippen molar-refractivity contribution in [2.75, 3.05) is 0 Å². The van der Waals surface area contributed by atoms with E-state index in [2.05, 4.69) is 0 Å². The predicted octanol–water partition coefficient (Wildman–Crippen LogP) is 1.72. The lowest BCUT2D eigenvalue weighted by Gasteiger charge is -2.17. The minimum atomic E-state index is -0.721. The van der Waals surface area contributed by atoms with Crippen LogP contribution >= 0.6 is 12.4 Å². The summed E-state index contributed by atoms with van der Waals surface area (Å²) in [6.45, 7) is 1.79. The Balaban J connectivity index is 0.00000196. The van der Waals surface area contributed by atoms with Gasteiger partial charge in [0, 0.05) is 0 Å². The zero-order chi connectivity index (χ0) is 10.7. The second kappa shape index (κ2) is 5.90. The van der Waals surface area contributed by atoms with Gasteiger partial charge in [-0.15, -0.1) is 12.4 Å². The summed E-state index contributed by atoms with van der Waals surface area (Å²) in [5.41, 5.74) is 6.15. The highest BCUT2D eigenvalue weighted by Crippen LogP contribution is 2.22.